The fourth-order valence-corrected chi connectivity index (χ4v) is 5.50. The predicted molar refractivity (Wildman–Crippen MR) is 158 cm³/mol. The molecule has 5 rings (SSSR count). The van der Waals surface area contributed by atoms with E-state index in [2.05, 4.69) is 39.3 Å². The Morgan fingerprint density at radius 3 is 2.62 bits per heavy atom. The lowest BCUT2D eigenvalue weighted by atomic mass is 10.1. The maximum absolute atomic E-state index is 10.9. The van der Waals surface area contributed by atoms with Gasteiger partial charge in [-0.15, -0.1) is 0 Å². The molecular weight excluding hydrogens is 504 g/mol. The minimum atomic E-state index is -0.894. The molecule has 2 aromatic carbocycles. The summed E-state index contributed by atoms with van der Waals surface area (Å²) in [5.74, 6) is 1.99. The van der Waals surface area contributed by atoms with Gasteiger partial charge < -0.3 is 35.9 Å². The molecule has 9 heteroatoms. The summed E-state index contributed by atoms with van der Waals surface area (Å²) < 4.78 is 7.84. The van der Waals surface area contributed by atoms with Crippen molar-refractivity contribution >= 4 is 22.9 Å². The van der Waals surface area contributed by atoms with E-state index in [-0.39, 0.29) is 12.0 Å². The first-order valence-electron chi connectivity index (χ1n) is 13.9. The Morgan fingerprint density at radius 2 is 1.80 bits per heavy atom. The molecule has 0 saturated heterocycles. The van der Waals surface area contributed by atoms with Crippen LogP contribution in [-0.4, -0.2) is 63.1 Å². The van der Waals surface area contributed by atoms with Gasteiger partial charge in [0, 0.05) is 24.2 Å². The van der Waals surface area contributed by atoms with Crippen LogP contribution < -0.4 is 21.1 Å². The molecule has 4 atom stereocenters. The van der Waals surface area contributed by atoms with Gasteiger partial charge in [0.2, 0.25) is 0 Å². The van der Waals surface area contributed by atoms with Crippen LogP contribution in [0.4, 0.5) is 5.82 Å². The van der Waals surface area contributed by atoms with E-state index in [9.17, 15) is 10.2 Å². The number of anilines is 1. The molecule has 0 spiro atoms. The number of nitrogens with zero attached hydrogens (tertiary/aromatic N) is 3. The number of aliphatic hydroxyl groups is 2. The second-order valence-corrected chi connectivity index (χ2v) is 10.3. The van der Waals surface area contributed by atoms with Gasteiger partial charge in [0.1, 0.15) is 35.4 Å². The second-order valence-electron chi connectivity index (χ2n) is 10.3. The molecule has 2 aromatic heterocycles. The average molecular weight is 543 g/mol. The van der Waals surface area contributed by atoms with Crippen LogP contribution in [0.1, 0.15) is 30.0 Å². The number of aliphatic hydroxyl groups excluding tert-OH is 2. The summed E-state index contributed by atoms with van der Waals surface area (Å²) in [4.78, 5) is 8.48. The highest BCUT2D eigenvalue weighted by atomic mass is 16.5. The monoisotopic (exact) mass is 542 g/mol. The van der Waals surface area contributed by atoms with E-state index in [0.717, 1.165) is 54.9 Å². The van der Waals surface area contributed by atoms with Crippen LogP contribution in [-0.2, 0) is 6.42 Å². The fraction of sp³-hybridized carbons (Fsp3) is 0.355. The molecule has 2 heterocycles. The van der Waals surface area contributed by atoms with Crippen molar-refractivity contribution in [3.05, 3.63) is 84.8 Å². The maximum Gasteiger partial charge on any atom is 0.146 e. The van der Waals surface area contributed by atoms with Gasteiger partial charge in [-0.05, 0) is 68.7 Å². The Labute approximate surface area is 234 Å². The molecular formula is C31H38N6O3. The van der Waals surface area contributed by atoms with Crippen molar-refractivity contribution in [2.24, 2.45) is 5.92 Å². The summed E-state index contributed by atoms with van der Waals surface area (Å²) in [5, 5.41) is 29.3. The van der Waals surface area contributed by atoms with E-state index in [1.165, 1.54) is 11.9 Å². The van der Waals surface area contributed by atoms with Crippen molar-refractivity contribution in [3.63, 3.8) is 0 Å². The standard InChI is InChI=1S/C31H38N6O3/c1-2-22-19-37(31-27(22)30(32)35-20-36-31)26-17-23(28(38)29(26)39)18-34-14-7-13-33-15-12-21-8-6-11-25(16-21)40-24-9-4-3-5-10-24/h2-6,8-11,16,19-20,23,26,28-29,33-34,38-39H,1,7,12-15,17-18H2,(H2,32,35,36)/t23-,26-,28-,29+/m1/s1. The van der Waals surface area contributed by atoms with E-state index in [1.54, 1.807) is 6.08 Å². The van der Waals surface area contributed by atoms with Gasteiger partial charge in [-0.1, -0.05) is 43.0 Å². The topological polar surface area (TPSA) is 130 Å². The third-order valence-electron chi connectivity index (χ3n) is 7.60. The Kier molecular flexibility index (Phi) is 9.08. The summed E-state index contributed by atoms with van der Waals surface area (Å²) >= 11 is 0. The summed E-state index contributed by atoms with van der Waals surface area (Å²) in [6.07, 6.45) is 5.82. The number of para-hydroxylation sites is 1. The smallest absolute Gasteiger partial charge is 0.146 e. The molecule has 0 bridgehead atoms. The summed E-state index contributed by atoms with van der Waals surface area (Å²) in [6.45, 7) is 7.10. The first-order valence-corrected chi connectivity index (χ1v) is 13.9. The normalized spacial score (nSPS) is 20.6. The average Bonchev–Trinajstić information content (AvgIpc) is 3.48. The highest BCUT2D eigenvalue weighted by Crippen LogP contribution is 2.38. The first-order chi connectivity index (χ1) is 19.5. The number of benzene rings is 2. The maximum atomic E-state index is 10.9. The molecule has 6 N–H and O–H groups in total. The third-order valence-corrected chi connectivity index (χ3v) is 7.60. The molecule has 1 fully saturated rings. The summed E-state index contributed by atoms with van der Waals surface area (Å²) in [6, 6.07) is 17.7. The van der Waals surface area contributed by atoms with Crippen molar-refractivity contribution in [2.75, 3.05) is 31.9 Å². The van der Waals surface area contributed by atoms with Gasteiger partial charge in [-0.2, -0.15) is 0 Å². The number of ether oxygens (including phenoxy) is 1. The van der Waals surface area contributed by atoms with Gasteiger partial charge in [0.25, 0.3) is 0 Å². The second kappa shape index (κ2) is 13.1. The van der Waals surface area contributed by atoms with Crippen LogP contribution in [0.25, 0.3) is 17.1 Å². The fourth-order valence-electron chi connectivity index (χ4n) is 5.50. The lowest BCUT2D eigenvalue weighted by Gasteiger charge is -2.19. The molecule has 0 amide bonds. The Bertz CT molecular complexity index is 1410. The van der Waals surface area contributed by atoms with Crippen LogP contribution in [0.15, 0.2) is 73.7 Å². The minimum Gasteiger partial charge on any atom is -0.457 e. The lowest BCUT2D eigenvalue weighted by molar-refractivity contribution is 0.00694. The first kappa shape index (κ1) is 27.8. The number of hydrogen-bond donors (Lipinski definition) is 5. The van der Waals surface area contributed by atoms with Gasteiger partial charge in [-0.25, -0.2) is 9.97 Å². The van der Waals surface area contributed by atoms with Crippen LogP contribution in [0.5, 0.6) is 11.5 Å². The van der Waals surface area contributed by atoms with E-state index < -0.39 is 12.2 Å². The zero-order valence-corrected chi connectivity index (χ0v) is 22.6. The van der Waals surface area contributed by atoms with E-state index in [4.69, 9.17) is 10.5 Å². The lowest BCUT2D eigenvalue weighted by Crippen LogP contribution is -2.34. The van der Waals surface area contributed by atoms with E-state index in [0.29, 0.717) is 24.4 Å². The predicted octanol–water partition coefficient (Wildman–Crippen LogP) is 3.54. The van der Waals surface area contributed by atoms with Gasteiger partial charge in [0.05, 0.1) is 17.5 Å². The summed E-state index contributed by atoms with van der Waals surface area (Å²) in [5.41, 5.74) is 8.77. The zero-order chi connectivity index (χ0) is 27.9. The quantitative estimate of drug-likeness (QED) is 0.162. The molecule has 1 aliphatic rings. The van der Waals surface area contributed by atoms with Crippen LogP contribution in [0.3, 0.4) is 0 Å². The van der Waals surface area contributed by atoms with Crippen LogP contribution in [0.2, 0.25) is 0 Å². The Morgan fingerprint density at radius 1 is 1.00 bits per heavy atom. The van der Waals surface area contributed by atoms with Gasteiger partial charge >= 0.3 is 0 Å². The number of nitrogen functional groups attached to an aromatic ring is 1. The highest BCUT2D eigenvalue weighted by molar-refractivity contribution is 5.94. The molecule has 40 heavy (non-hydrogen) atoms. The number of hydrogen-bond acceptors (Lipinski definition) is 8. The molecule has 210 valence electrons. The van der Waals surface area contributed by atoms with E-state index in [1.807, 2.05) is 53.2 Å². The van der Waals surface area contributed by atoms with Gasteiger partial charge in [-0.3, -0.25) is 0 Å². The van der Waals surface area contributed by atoms with Crippen molar-refractivity contribution in [3.8, 4) is 11.5 Å². The molecule has 0 unspecified atom stereocenters. The molecule has 9 nitrogen and oxygen atoms in total. The Hall–Kier alpha value is -3.76. The highest BCUT2D eigenvalue weighted by Gasteiger charge is 2.42. The minimum absolute atomic E-state index is 0.0674. The molecule has 0 aliphatic heterocycles. The SMILES string of the molecule is C=Cc1cn([C@@H]2C[C@H](CNCCCNCCc3cccc(Oc4ccccc4)c3)[C@@H](O)[C@H]2O)c2ncnc(N)c12. The number of nitrogens with one attached hydrogen (secondary N) is 2. The van der Waals surface area contributed by atoms with Crippen LogP contribution in [0, 0.1) is 5.92 Å². The van der Waals surface area contributed by atoms with Crippen molar-refractivity contribution in [1.82, 2.24) is 25.2 Å². The number of aromatic nitrogens is 3. The molecule has 1 saturated carbocycles. The zero-order valence-electron chi connectivity index (χ0n) is 22.6. The van der Waals surface area contributed by atoms with Crippen molar-refractivity contribution in [1.29, 1.82) is 0 Å². The van der Waals surface area contributed by atoms with E-state index >= 15 is 0 Å². The summed E-state index contributed by atoms with van der Waals surface area (Å²) in [7, 11) is 0. The van der Waals surface area contributed by atoms with Crippen molar-refractivity contribution in [2.45, 2.75) is 37.5 Å². The molecule has 0 radical (unpaired) electrons. The van der Waals surface area contributed by atoms with Gasteiger partial charge in [0.15, 0.2) is 0 Å². The third kappa shape index (κ3) is 6.34. The number of nitrogens with two attached hydrogens (primary N) is 1. The molecule has 4 aromatic rings. The van der Waals surface area contributed by atoms with Crippen molar-refractivity contribution < 1.29 is 14.9 Å². The molecule has 1 aliphatic carbocycles. The largest absolute Gasteiger partial charge is 0.457 e. The number of rotatable bonds is 13. The number of fused-ring (bicyclic) bond motifs is 1. The Balaban J connectivity index is 1.03. The van der Waals surface area contributed by atoms with Crippen LogP contribution >= 0.6 is 0 Å².